The van der Waals surface area contributed by atoms with Gasteiger partial charge in [-0.25, -0.2) is 0 Å². The first-order valence-corrected chi connectivity index (χ1v) is 4.05. The molecule has 0 heteroatoms. The smallest absolute Gasteiger partial charge is 0.0175 e. The summed E-state index contributed by atoms with van der Waals surface area (Å²) in [7, 11) is 0. The van der Waals surface area contributed by atoms with Gasteiger partial charge in [0.2, 0.25) is 0 Å². The van der Waals surface area contributed by atoms with E-state index in [2.05, 4.69) is 39.8 Å². The van der Waals surface area contributed by atoms with Gasteiger partial charge in [0.1, 0.15) is 0 Å². The molecular formula is C10H19. The van der Waals surface area contributed by atoms with Gasteiger partial charge in [0.15, 0.2) is 0 Å². The third kappa shape index (κ3) is 4.60. The topological polar surface area (TPSA) is 0 Å². The Morgan fingerprint density at radius 2 is 2.00 bits per heavy atom. The molecule has 0 saturated carbocycles. The van der Waals surface area contributed by atoms with Crippen molar-refractivity contribution < 1.29 is 0 Å². The largest absolute Gasteiger partial charge is 0.0911 e. The SMILES string of the molecule is [CH2]CCCC(C)(C)C=CC. The molecule has 0 aliphatic heterocycles. The van der Waals surface area contributed by atoms with Crippen molar-refractivity contribution in [1.82, 2.24) is 0 Å². The fourth-order valence-corrected chi connectivity index (χ4v) is 1.12. The van der Waals surface area contributed by atoms with Crippen LogP contribution in [0.4, 0.5) is 0 Å². The van der Waals surface area contributed by atoms with E-state index in [1.54, 1.807) is 0 Å². The van der Waals surface area contributed by atoms with Gasteiger partial charge in [0.05, 0.1) is 0 Å². The van der Waals surface area contributed by atoms with E-state index < -0.39 is 0 Å². The van der Waals surface area contributed by atoms with Crippen molar-refractivity contribution in [3.63, 3.8) is 0 Å². The Kier molecular flexibility index (Phi) is 4.42. The highest BCUT2D eigenvalue weighted by molar-refractivity contribution is 4.92. The lowest BCUT2D eigenvalue weighted by molar-refractivity contribution is 0.423. The number of hydrogen-bond acceptors (Lipinski definition) is 0. The number of rotatable bonds is 4. The number of allylic oxidation sites excluding steroid dienone is 2. The maximum Gasteiger partial charge on any atom is -0.0175 e. The van der Waals surface area contributed by atoms with Gasteiger partial charge in [-0.3, -0.25) is 0 Å². The fraction of sp³-hybridized carbons (Fsp3) is 0.700. The minimum Gasteiger partial charge on any atom is -0.0911 e. The predicted molar refractivity (Wildman–Crippen MR) is 47.8 cm³/mol. The molecule has 0 N–H and O–H groups in total. The highest BCUT2D eigenvalue weighted by atomic mass is 14.2. The molecule has 59 valence electrons. The summed E-state index contributed by atoms with van der Waals surface area (Å²) in [6, 6.07) is 0. The van der Waals surface area contributed by atoms with Crippen molar-refractivity contribution in [2.24, 2.45) is 5.41 Å². The Bertz CT molecular complexity index is 98.6. The molecule has 0 atom stereocenters. The molecule has 0 aromatic carbocycles. The molecule has 0 aliphatic rings. The van der Waals surface area contributed by atoms with E-state index in [-0.39, 0.29) is 0 Å². The fourth-order valence-electron chi connectivity index (χ4n) is 1.12. The average molecular weight is 139 g/mol. The second-order valence-corrected chi connectivity index (χ2v) is 3.45. The second kappa shape index (κ2) is 4.54. The zero-order valence-electron chi connectivity index (χ0n) is 7.48. The van der Waals surface area contributed by atoms with Crippen molar-refractivity contribution in [2.45, 2.75) is 40.0 Å². The van der Waals surface area contributed by atoms with Gasteiger partial charge in [-0.2, -0.15) is 0 Å². The molecule has 0 bridgehead atoms. The molecule has 10 heavy (non-hydrogen) atoms. The summed E-state index contributed by atoms with van der Waals surface area (Å²) in [5, 5.41) is 0. The van der Waals surface area contributed by atoms with E-state index in [1.165, 1.54) is 12.8 Å². The molecule has 0 aromatic rings. The van der Waals surface area contributed by atoms with Crippen molar-refractivity contribution in [3.8, 4) is 0 Å². The van der Waals surface area contributed by atoms with Crippen molar-refractivity contribution in [1.29, 1.82) is 0 Å². The van der Waals surface area contributed by atoms with Crippen LogP contribution in [0.3, 0.4) is 0 Å². The summed E-state index contributed by atoms with van der Waals surface area (Å²) in [5.74, 6) is 0. The van der Waals surface area contributed by atoms with Crippen LogP contribution >= 0.6 is 0 Å². The van der Waals surface area contributed by atoms with E-state index in [9.17, 15) is 0 Å². The minimum absolute atomic E-state index is 0.381. The first kappa shape index (κ1) is 9.74. The van der Waals surface area contributed by atoms with E-state index in [4.69, 9.17) is 0 Å². The van der Waals surface area contributed by atoms with Crippen LogP contribution in [0.25, 0.3) is 0 Å². The van der Waals surface area contributed by atoms with Crippen LogP contribution in [0.2, 0.25) is 0 Å². The molecule has 0 saturated heterocycles. The monoisotopic (exact) mass is 139 g/mol. The first-order chi connectivity index (χ1) is 4.62. The predicted octanol–water partition coefficient (Wildman–Crippen LogP) is 3.59. The van der Waals surface area contributed by atoms with E-state index in [0.29, 0.717) is 5.41 Å². The molecule has 0 aromatic heterocycles. The maximum absolute atomic E-state index is 3.82. The lowest BCUT2D eigenvalue weighted by atomic mass is 9.87. The van der Waals surface area contributed by atoms with Gasteiger partial charge < -0.3 is 0 Å². The highest BCUT2D eigenvalue weighted by Gasteiger charge is 2.11. The standard InChI is InChI=1S/C10H19/c1-5-7-9-10(3,4)8-6-2/h6,8H,1,5,7,9H2,2-4H3. The van der Waals surface area contributed by atoms with Crippen LogP contribution in [0.5, 0.6) is 0 Å². The Hall–Kier alpha value is -0.260. The van der Waals surface area contributed by atoms with E-state index >= 15 is 0 Å². The molecule has 0 amide bonds. The van der Waals surface area contributed by atoms with Crippen LogP contribution < -0.4 is 0 Å². The van der Waals surface area contributed by atoms with Crippen LogP contribution in [-0.4, -0.2) is 0 Å². The Morgan fingerprint density at radius 1 is 1.40 bits per heavy atom. The average Bonchev–Trinajstić information content (AvgIpc) is 1.84. The number of unbranched alkanes of at least 4 members (excludes halogenated alkanes) is 1. The molecular weight excluding hydrogens is 120 g/mol. The summed E-state index contributed by atoms with van der Waals surface area (Å²) in [6.07, 6.45) is 7.94. The molecule has 0 unspecified atom stereocenters. The van der Waals surface area contributed by atoms with Gasteiger partial charge in [-0.1, -0.05) is 45.8 Å². The van der Waals surface area contributed by atoms with Crippen molar-refractivity contribution in [2.75, 3.05) is 0 Å². The zero-order valence-corrected chi connectivity index (χ0v) is 7.48. The van der Waals surface area contributed by atoms with Crippen LogP contribution in [0.15, 0.2) is 12.2 Å². The van der Waals surface area contributed by atoms with Crippen LogP contribution in [-0.2, 0) is 0 Å². The van der Waals surface area contributed by atoms with Crippen LogP contribution in [0, 0.1) is 12.3 Å². The van der Waals surface area contributed by atoms with Crippen LogP contribution in [0.1, 0.15) is 40.0 Å². The van der Waals surface area contributed by atoms with E-state index in [0.717, 1.165) is 6.42 Å². The van der Waals surface area contributed by atoms with Crippen molar-refractivity contribution in [3.05, 3.63) is 19.1 Å². The Labute approximate surface area is 65.3 Å². The normalized spacial score (nSPS) is 12.8. The number of hydrogen-bond donors (Lipinski definition) is 0. The van der Waals surface area contributed by atoms with Gasteiger partial charge in [-0.15, -0.1) is 0 Å². The lowest BCUT2D eigenvalue weighted by Gasteiger charge is -2.18. The molecule has 0 aliphatic carbocycles. The summed E-state index contributed by atoms with van der Waals surface area (Å²) >= 11 is 0. The third-order valence-electron chi connectivity index (χ3n) is 1.69. The summed E-state index contributed by atoms with van der Waals surface area (Å²) in [4.78, 5) is 0. The molecule has 0 fully saturated rings. The summed E-state index contributed by atoms with van der Waals surface area (Å²) in [5.41, 5.74) is 0.381. The molecule has 1 radical (unpaired) electrons. The first-order valence-electron chi connectivity index (χ1n) is 4.05. The molecule has 0 spiro atoms. The second-order valence-electron chi connectivity index (χ2n) is 3.45. The quantitative estimate of drug-likeness (QED) is 0.522. The molecule has 0 nitrogen and oxygen atoms in total. The molecule has 0 rings (SSSR count). The van der Waals surface area contributed by atoms with E-state index in [1.807, 2.05) is 0 Å². The summed E-state index contributed by atoms with van der Waals surface area (Å²) < 4.78 is 0. The highest BCUT2D eigenvalue weighted by Crippen LogP contribution is 2.24. The minimum atomic E-state index is 0.381. The van der Waals surface area contributed by atoms with Gasteiger partial charge in [0.25, 0.3) is 0 Å². The van der Waals surface area contributed by atoms with Gasteiger partial charge in [0, 0.05) is 0 Å². The van der Waals surface area contributed by atoms with Gasteiger partial charge >= 0.3 is 0 Å². The molecule has 0 heterocycles. The third-order valence-corrected chi connectivity index (χ3v) is 1.69. The Balaban J connectivity index is 3.63. The van der Waals surface area contributed by atoms with Gasteiger partial charge in [-0.05, 0) is 18.8 Å². The lowest BCUT2D eigenvalue weighted by Crippen LogP contribution is -2.06. The maximum atomic E-state index is 3.82. The Morgan fingerprint density at radius 3 is 2.40 bits per heavy atom. The zero-order chi connectivity index (χ0) is 8.04. The summed E-state index contributed by atoms with van der Waals surface area (Å²) in [6.45, 7) is 10.4. The van der Waals surface area contributed by atoms with Crippen molar-refractivity contribution >= 4 is 0 Å².